The largest absolute Gasteiger partial charge is 0.326 e. The molecule has 1 aromatic carbocycles. The summed E-state index contributed by atoms with van der Waals surface area (Å²) in [6.07, 6.45) is 13.0. The Kier molecular flexibility index (Phi) is 10.6. The van der Waals surface area contributed by atoms with Gasteiger partial charge in [0.2, 0.25) is 5.91 Å². The van der Waals surface area contributed by atoms with Crippen molar-refractivity contribution in [3.63, 3.8) is 0 Å². The first-order valence-electron chi connectivity index (χ1n) is 11.7. The number of benzene rings is 1. The van der Waals surface area contributed by atoms with Gasteiger partial charge in [-0.1, -0.05) is 77.0 Å². The van der Waals surface area contributed by atoms with Gasteiger partial charge in [-0.2, -0.15) is 0 Å². The van der Waals surface area contributed by atoms with Crippen LogP contribution < -0.4 is 5.32 Å². The Hall–Kier alpha value is -1.35. The Morgan fingerprint density at radius 1 is 1.07 bits per heavy atom. The fourth-order valence-corrected chi connectivity index (χ4v) is 4.32. The van der Waals surface area contributed by atoms with E-state index >= 15 is 0 Å². The quantitative estimate of drug-likeness (QED) is 0.420. The molecule has 1 aromatic rings. The van der Waals surface area contributed by atoms with Crippen LogP contribution in [0.1, 0.15) is 83.6 Å². The highest BCUT2D eigenvalue weighted by Gasteiger charge is 2.25. The summed E-state index contributed by atoms with van der Waals surface area (Å²) in [6.45, 7) is 10.0. The molecule has 3 nitrogen and oxygen atoms in total. The molecule has 1 N–H and O–H groups in total. The van der Waals surface area contributed by atoms with Crippen LogP contribution in [-0.2, 0) is 4.79 Å². The van der Waals surface area contributed by atoms with Crippen LogP contribution in [0.15, 0.2) is 24.3 Å². The molecule has 1 fully saturated rings. The lowest BCUT2D eigenvalue weighted by Crippen LogP contribution is -2.39. The van der Waals surface area contributed by atoms with Gasteiger partial charge in [0.1, 0.15) is 0 Å². The molecule has 1 unspecified atom stereocenters. The Morgan fingerprint density at radius 2 is 1.79 bits per heavy atom. The Balaban J connectivity index is 1.64. The number of anilines is 1. The minimum absolute atomic E-state index is 0.163. The van der Waals surface area contributed by atoms with Gasteiger partial charge in [0, 0.05) is 11.6 Å². The van der Waals surface area contributed by atoms with Crippen LogP contribution in [0.2, 0.25) is 0 Å². The molecule has 1 aliphatic heterocycles. The van der Waals surface area contributed by atoms with Crippen LogP contribution in [0.25, 0.3) is 0 Å². The molecule has 0 saturated carbocycles. The number of amides is 1. The van der Waals surface area contributed by atoms with Crippen molar-refractivity contribution in [2.45, 2.75) is 85.0 Å². The summed E-state index contributed by atoms with van der Waals surface area (Å²) in [5.41, 5.74) is 2.09. The van der Waals surface area contributed by atoms with Crippen molar-refractivity contribution in [3.05, 3.63) is 29.8 Å². The monoisotopic (exact) mass is 386 g/mol. The van der Waals surface area contributed by atoms with Crippen molar-refractivity contribution >= 4 is 11.6 Å². The number of hydrogen-bond donors (Lipinski definition) is 1. The van der Waals surface area contributed by atoms with Gasteiger partial charge in [-0.15, -0.1) is 0 Å². The lowest BCUT2D eigenvalue weighted by Gasteiger charge is -2.32. The second-order valence-corrected chi connectivity index (χ2v) is 8.69. The molecule has 0 bridgehead atoms. The second-order valence-electron chi connectivity index (χ2n) is 8.69. The molecule has 0 aromatic heterocycles. The first kappa shape index (κ1) is 22.9. The zero-order valence-corrected chi connectivity index (χ0v) is 18.5. The molecule has 1 saturated heterocycles. The number of para-hydroxylation sites is 1. The maximum atomic E-state index is 12.6. The van der Waals surface area contributed by atoms with Gasteiger partial charge in [-0.3, -0.25) is 4.79 Å². The number of nitrogens with one attached hydrogen (secondary N) is 1. The van der Waals surface area contributed by atoms with Gasteiger partial charge in [-0.05, 0) is 63.4 Å². The van der Waals surface area contributed by atoms with Crippen molar-refractivity contribution in [3.8, 4) is 0 Å². The summed E-state index contributed by atoms with van der Waals surface area (Å²) in [6, 6.07) is 8.04. The van der Waals surface area contributed by atoms with Crippen molar-refractivity contribution in [1.29, 1.82) is 0 Å². The number of unbranched alkanes of at least 4 members (excludes halogenated alkanes) is 4. The maximum absolute atomic E-state index is 12.6. The summed E-state index contributed by atoms with van der Waals surface area (Å²) in [7, 11) is 0. The summed E-state index contributed by atoms with van der Waals surface area (Å²) in [5, 5.41) is 3.13. The second kappa shape index (κ2) is 13.0. The van der Waals surface area contributed by atoms with E-state index in [1.54, 1.807) is 0 Å². The molecule has 0 radical (unpaired) electrons. The fraction of sp³-hybridized carbons (Fsp3) is 0.720. The van der Waals surface area contributed by atoms with E-state index in [0.717, 1.165) is 43.1 Å². The molecule has 3 heteroatoms. The lowest BCUT2D eigenvalue weighted by molar-refractivity contribution is -0.121. The van der Waals surface area contributed by atoms with Gasteiger partial charge in [0.25, 0.3) is 0 Å². The molecule has 1 heterocycles. The summed E-state index contributed by atoms with van der Waals surface area (Å²) >= 11 is 0. The van der Waals surface area contributed by atoms with E-state index in [2.05, 4.69) is 24.1 Å². The average molecular weight is 387 g/mol. The maximum Gasteiger partial charge on any atom is 0.227 e. The molecule has 1 aliphatic rings. The van der Waals surface area contributed by atoms with Crippen LogP contribution in [0.5, 0.6) is 0 Å². The highest BCUT2D eigenvalue weighted by molar-refractivity contribution is 5.93. The molecular formula is C25H42N2O. The third-order valence-electron chi connectivity index (χ3n) is 6.51. The highest BCUT2D eigenvalue weighted by atomic mass is 16.1. The van der Waals surface area contributed by atoms with Gasteiger partial charge >= 0.3 is 0 Å². The van der Waals surface area contributed by atoms with E-state index in [-0.39, 0.29) is 11.8 Å². The van der Waals surface area contributed by atoms with Gasteiger partial charge < -0.3 is 10.2 Å². The highest BCUT2D eigenvalue weighted by Crippen LogP contribution is 2.23. The Morgan fingerprint density at radius 3 is 2.46 bits per heavy atom. The van der Waals surface area contributed by atoms with E-state index in [1.165, 1.54) is 57.9 Å². The van der Waals surface area contributed by atoms with Gasteiger partial charge in [0.15, 0.2) is 0 Å². The first-order valence-corrected chi connectivity index (χ1v) is 11.7. The van der Waals surface area contributed by atoms with Crippen molar-refractivity contribution in [1.82, 2.24) is 4.90 Å². The zero-order chi connectivity index (χ0) is 20.2. The Labute approximate surface area is 173 Å². The smallest absolute Gasteiger partial charge is 0.227 e. The van der Waals surface area contributed by atoms with E-state index in [4.69, 9.17) is 0 Å². The molecule has 28 heavy (non-hydrogen) atoms. The standard InChI is InChI=1S/C25H42N2O/c1-4-6-7-8-9-13-22(5-2)15-18-27-19-16-23(17-20-27)25(28)26-24-14-11-10-12-21(24)3/h10-12,14,22-23H,4-9,13,15-20H2,1-3H3,(H,26,28). The molecule has 1 amide bonds. The van der Waals surface area contributed by atoms with Gasteiger partial charge in [-0.25, -0.2) is 0 Å². The molecule has 0 spiro atoms. The topological polar surface area (TPSA) is 32.3 Å². The number of likely N-dealkylation sites (tertiary alicyclic amines) is 1. The van der Waals surface area contributed by atoms with Crippen LogP contribution >= 0.6 is 0 Å². The number of carbonyl (C=O) groups excluding carboxylic acids is 1. The molecule has 158 valence electrons. The first-order chi connectivity index (χ1) is 13.6. The average Bonchev–Trinajstić information content (AvgIpc) is 2.72. The predicted octanol–water partition coefficient (Wildman–Crippen LogP) is 6.42. The normalized spacial score (nSPS) is 16.8. The van der Waals surface area contributed by atoms with Crippen LogP contribution in [0.3, 0.4) is 0 Å². The molecule has 2 rings (SSSR count). The number of piperidine rings is 1. The number of hydrogen-bond acceptors (Lipinski definition) is 2. The van der Waals surface area contributed by atoms with E-state index < -0.39 is 0 Å². The van der Waals surface area contributed by atoms with Crippen molar-refractivity contribution in [2.75, 3.05) is 25.0 Å². The van der Waals surface area contributed by atoms with Crippen LogP contribution in [0.4, 0.5) is 5.69 Å². The number of aryl methyl sites for hydroxylation is 1. The minimum atomic E-state index is 0.163. The SMILES string of the molecule is CCCCCCCC(CC)CCN1CCC(C(=O)Nc2ccccc2C)CC1. The van der Waals surface area contributed by atoms with E-state index in [1.807, 2.05) is 31.2 Å². The third kappa shape index (κ3) is 7.95. The summed E-state index contributed by atoms with van der Waals surface area (Å²) < 4.78 is 0. The number of rotatable bonds is 12. The van der Waals surface area contributed by atoms with Crippen LogP contribution in [0, 0.1) is 18.8 Å². The zero-order valence-electron chi connectivity index (χ0n) is 18.5. The summed E-state index contributed by atoms with van der Waals surface area (Å²) in [4.78, 5) is 15.2. The van der Waals surface area contributed by atoms with E-state index in [0.29, 0.717) is 0 Å². The van der Waals surface area contributed by atoms with Crippen molar-refractivity contribution < 1.29 is 4.79 Å². The third-order valence-corrected chi connectivity index (χ3v) is 6.51. The predicted molar refractivity (Wildman–Crippen MR) is 121 cm³/mol. The Bertz CT molecular complexity index is 563. The minimum Gasteiger partial charge on any atom is -0.326 e. The number of nitrogens with zero attached hydrogens (tertiary/aromatic N) is 1. The van der Waals surface area contributed by atoms with Crippen molar-refractivity contribution in [2.24, 2.45) is 11.8 Å². The number of carbonyl (C=O) groups is 1. The fourth-order valence-electron chi connectivity index (χ4n) is 4.32. The lowest BCUT2D eigenvalue weighted by atomic mass is 9.92. The molecule has 0 aliphatic carbocycles. The van der Waals surface area contributed by atoms with Crippen LogP contribution in [-0.4, -0.2) is 30.4 Å². The van der Waals surface area contributed by atoms with Gasteiger partial charge in [0.05, 0.1) is 0 Å². The summed E-state index contributed by atoms with van der Waals surface area (Å²) in [5.74, 6) is 1.24. The molecule has 1 atom stereocenters. The van der Waals surface area contributed by atoms with E-state index in [9.17, 15) is 4.79 Å². The molecular weight excluding hydrogens is 344 g/mol.